The van der Waals surface area contributed by atoms with E-state index in [1.165, 1.54) is 25.9 Å². The van der Waals surface area contributed by atoms with Gasteiger partial charge < -0.3 is 16.0 Å². The molecule has 0 saturated carbocycles. The minimum absolute atomic E-state index is 0.0642. The summed E-state index contributed by atoms with van der Waals surface area (Å²) in [4.78, 5) is 15.9. The standard InChI is InChI=1S/C11H24N4O/c1-14(10-11(16)13-5-4-12)8-9-15-6-2-3-7-15/h2-10,12H2,1H3,(H,13,16). The van der Waals surface area contributed by atoms with Crippen LogP contribution in [-0.2, 0) is 4.79 Å². The minimum atomic E-state index is 0.0642. The minimum Gasteiger partial charge on any atom is -0.354 e. The molecule has 0 aromatic rings. The Labute approximate surface area is 98.0 Å². The number of nitrogens with two attached hydrogens (primary N) is 1. The molecule has 0 radical (unpaired) electrons. The van der Waals surface area contributed by atoms with E-state index in [1.54, 1.807) is 0 Å². The molecule has 1 heterocycles. The predicted octanol–water partition coefficient (Wildman–Crippen LogP) is -0.911. The van der Waals surface area contributed by atoms with E-state index in [0.717, 1.165) is 13.1 Å². The summed E-state index contributed by atoms with van der Waals surface area (Å²) >= 11 is 0. The number of amides is 1. The number of hydrogen-bond donors (Lipinski definition) is 2. The first-order chi connectivity index (χ1) is 7.72. The van der Waals surface area contributed by atoms with Gasteiger partial charge in [-0.25, -0.2) is 0 Å². The van der Waals surface area contributed by atoms with Gasteiger partial charge in [-0.05, 0) is 33.0 Å². The summed E-state index contributed by atoms with van der Waals surface area (Å²) in [5, 5.41) is 2.77. The van der Waals surface area contributed by atoms with Crippen molar-refractivity contribution in [2.45, 2.75) is 12.8 Å². The van der Waals surface area contributed by atoms with Crippen LogP contribution in [0.3, 0.4) is 0 Å². The third-order valence-corrected chi connectivity index (χ3v) is 2.88. The second-order valence-corrected chi connectivity index (χ2v) is 4.43. The largest absolute Gasteiger partial charge is 0.354 e. The van der Waals surface area contributed by atoms with Crippen molar-refractivity contribution in [3.8, 4) is 0 Å². The number of carbonyl (C=O) groups excluding carboxylic acids is 1. The molecule has 3 N–H and O–H groups in total. The van der Waals surface area contributed by atoms with Gasteiger partial charge >= 0.3 is 0 Å². The van der Waals surface area contributed by atoms with E-state index in [9.17, 15) is 4.79 Å². The van der Waals surface area contributed by atoms with Crippen molar-refractivity contribution in [1.29, 1.82) is 0 Å². The molecule has 1 aliphatic rings. The van der Waals surface area contributed by atoms with Gasteiger partial charge in [0, 0.05) is 26.2 Å². The van der Waals surface area contributed by atoms with Crippen molar-refractivity contribution in [3.05, 3.63) is 0 Å². The van der Waals surface area contributed by atoms with Crippen LogP contribution in [0, 0.1) is 0 Å². The Kier molecular flexibility index (Phi) is 6.37. The summed E-state index contributed by atoms with van der Waals surface area (Å²) in [5.74, 6) is 0.0642. The average Bonchev–Trinajstić information content (AvgIpc) is 2.76. The molecule has 0 spiro atoms. The summed E-state index contributed by atoms with van der Waals surface area (Å²) in [5.41, 5.74) is 5.31. The van der Waals surface area contributed by atoms with Gasteiger partial charge in [-0.1, -0.05) is 0 Å². The lowest BCUT2D eigenvalue weighted by Gasteiger charge is -2.20. The second-order valence-electron chi connectivity index (χ2n) is 4.43. The quantitative estimate of drug-likeness (QED) is 0.592. The molecule has 0 unspecified atom stereocenters. The number of carbonyl (C=O) groups is 1. The molecule has 0 bridgehead atoms. The molecule has 94 valence electrons. The molecular weight excluding hydrogens is 204 g/mol. The molecule has 5 heteroatoms. The van der Waals surface area contributed by atoms with Crippen LogP contribution in [0.15, 0.2) is 0 Å². The van der Waals surface area contributed by atoms with Crippen LogP contribution in [0.1, 0.15) is 12.8 Å². The number of nitrogens with zero attached hydrogens (tertiary/aromatic N) is 2. The molecule has 1 rings (SSSR count). The fraction of sp³-hybridized carbons (Fsp3) is 0.909. The van der Waals surface area contributed by atoms with E-state index in [2.05, 4.69) is 15.1 Å². The zero-order valence-corrected chi connectivity index (χ0v) is 10.2. The Bertz CT molecular complexity index is 204. The lowest BCUT2D eigenvalue weighted by atomic mass is 10.4. The first-order valence-electron chi connectivity index (χ1n) is 6.10. The maximum atomic E-state index is 11.4. The topological polar surface area (TPSA) is 61.6 Å². The van der Waals surface area contributed by atoms with E-state index in [-0.39, 0.29) is 5.91 Å². The summed E-state index contributed by atoms with van der Waals surface area (Å²) in [6, 6.07) is 0. The lowest BCUT2D eigenvalue weighted by molar-refractivity contribution is -0.121. The van der Waals surface area contributed by atoms with Crippen LogP contribution in [0.2, 0.25) is 0 Å². The lowest BCUT2D eigenvalue weighted by Crippen LogP contribution is -2.40. The van der Waals surface area contributed by atoms with E-state index < -0.39 is 0 Å². The number of likely N-dealkylation sites (N-methyl/N-ethyl adjacent to an activating group) is 1. The first kappa shape index (κ1) is 13.4. The van der Waals surface area contributed by atoms with Crippen molar-refractivity contribution in [3.63, 3.8) is 0 Å². The van der Waals surface area contributed by atoms with Gasteiger partial charge in [0.15, 0.2) is 0 Å². The molecular formula is C11H24N4O. The number of nitrogens with one attached hydrogen (secondary N) is 1. The van der Waals surface area contributed by atoms with Gasteiger partial charge in [0.1, 0.15) is 0 Å². The van der Waals surface area contributed by atoms with Crippen LogP contribution in [0.4, 0.5) is 0 Å². The average molecular weight is 228 g/mol. The van der Waals surface area contributed by atoms with Gasteiger partial charge in [0.05, 0.1) is 6.54 Å². The van der Waals surface area contributed by atoms with Gasteiger partial charge in [0.25, 0.3) is 0 Å². The zero-order chi connectivity index (χ0) is 11.8. The van der Waals surface area contributed by atoms with Crippen LogP contribution in [-0.4, -0.2) is 68.6 Å². The molecule has 1 saturated heterocycles. The number of likely N-dealkylation sites (tertiary alicyclic amines) is 1. The molecule has 16 heavy (non-hydrogen) atoms. The Balaban J connectivity index is 2.05. The van der Waals surface area contributed by atoms with Crippen molar-refractivity contribution >= 4 is 5.91 Å². The SMILES string of the molecule is CN(CCN1CCCC1)CC(=O)NCCN. The zero-order valence-electron chi connectivity index (χ0n) is 10.2. The molecule has 1 aliphatic heterocycles. The van der Waals surface area contributed by atoms with Crippen molar-refractivity contribution in [2.75, 3.05) is 52.9 Å². The Hall–Kier alpha value is -0.650. The fourth-order valence-corrected chi connectivity index (χ4v) is 1.91. The second kappa shape index (κ2) is 7.60. The van der Waals surface area contributed by atoms with Crippen molar-refractivity contribution < 1.29 is 4.79 Å². The molecule has 0 atom stereocenters. The monoisotopic (exact) mass is 228 g/mol. The summed E-state index contributed by atoms with van der Waals surface area (Å²) in [6.45, 7) is 5.99. The molecule has 0 aromatic heterocycles. The highest BCUT2D eigenvalue weighted by atomic mass is 16.2. The van der Waals surface area contributed by atoms with Crippen LogP contribution in [0.5, 0.6) is 0 Å². The van der Waals surface area contributed by atoms with E-state index >= 15 is 0 Å². The Morgan fingerprint density at radius 2 is 2.12 bits per heavy atom. The summed E-state index contributed by atoms with van der Waals surface area (Å²) in [6.07, 6.45) is 2.64. The van der Waals surface area contributed by atoms with Gasteiger partial charge in [-0.2, -0.15) is 0 Å². The first-order valence-corrected chi connectivity index (χ1v) is 6.10. The molecule has 0 aliphatic carbocycles. The van der Waals surface area contributed by atoms with Gasteiger partial charge in [0.2, 0.25) is 5.91 Å². The van der Waals surface area contributed by atoms with E-state index in [0.29, 0.717) is 19.6 Å². The fourth-order valence-electron chi connectivity index (χ4n) is 1.91. The van der Waals surface area contributed by atoms with Gasteiger partial charge in [-0.3, -0.25) is 9.69 Å². The normalized spacial score (nSPS) is 16.9. The highest BCUT2D eigenvalue weighted by Gasteiger charge is 2.12. The predicted molar refractivity (Wildman–Crippen MR) is 65.2 cm³/mol. The maximum absolute atomic E-state index is 11.4. The smallest absolute Gasteiger partial charge is 0.234 e. The van der Waals surface area contributed by atoms with Gasteiger partial charge in [-0.15, -0.1) is 0 Å². The van der Waals surface area contributed by atoms with Crippen molar-refractivity contribution in [1.82, 2.24) is 15.1 Å². The third-order valence-electron chi connectivity index (χ3n) is 2.88. The highest BCUT2D eigenvalue weighted by Crippen LogP contribution is 2.06. The van der Waals surface area contributed by atoms with E-state index in [4.69, 9.17) is 5.73 Å². The molecule has 0 aromatic carbocycles. The number of hydrogen-bond acceptors (Lipinski definition) is 4. The highest BCUT2D eigenvalue weighted by molar-refractivity contribution is 5.77. The van der Waals surface area contributed by atoms with E-state index in [1.807, 2.05) is 7.05 Å². The molecule has 5 nitrogen and oxygen atoms in total. The van der Waals surface area contributed by atoms with Crippen LogP contribution < -0.4 is 11.1 Å². The van der Waals surface area contributed by atoms with Crippen LogP contribution >= 0.6 is 0 Å². The van der Waals surface area contributed by atoms with Crippen molar-refractivity contribution in [2.24, 2.45) is 5.73 Å². The Morgan fingerprint density at radius 1 is 1.44 bits per heavy atom. The molecule has 1 amide bonds. The third kappa shape index (κ3) is 5.44. The Morgan fingerprint density at radius 3 is 2.75 bits per heavy atom. The summed E-state index contributed by atoms with van der Waals surface area (Å²) < 4.78 is 0. The maximum Gasteiger partial charge on any atom is 0.234 e. The summed E-state index contributed by atoms with van der Waals surface area (Å²) in [7, 11) is 1.98. The van der Waals surface area contributed by atoms with Crippen LogP contribution in [0.25, 0.3) is 0 Å². The molecule has 1 fully saturated rings. The number of rotatable bonds is 7.